The van der Waals surface area contributed by atoms with E-state index in [0.29, 0.717) is 13.0 Å². The van der Waals surface area contributed by atoms with Crippen LogP contribution in [-0.4, -0.2) is 54.0 Å². The van der Waals surface area contributed by atoms with Crippen molar-refractivity contribution in [2.24, 2.45) is 5.92 Å². The van der Waals surface area contributed by atoms with E-state index in [1.54, 1.807) is 0 Å². The largest absolute Gasteiger partial charge is 0.481 e. The number of carboxylic acids is 2. The Labute approximate surface area is 146 Å². The van der Waals surface area contributed by atoms with Crippen LogP contribution >= 0.6 is 0 Å². The molecule has 9 heteroatoms. The van der Waals surface area contributed by atoms with Crippen molar-refractivity contribution in [1.29, 1.82) is 0 Å². The second-order valence-electron chi connectivity index (χ2n) is 5.50. The highest BCUT2D eigenvalue weighted by Gasteiger charge is 2.19. The van der Waals surface area contributed by atoms with Crippen molar-refractivity contribution in [2.75, 3.05) is 19.8 Å². The lowest BCUT2D eigenvalue weighted by molar-refractivity contribution is -0.146. The Morgan fingerprint density at radius 1 is 0.960 bits per heavy atom. The van der Waals surface area contributed by atoms with Gasteiger partial charge in [-0.1, -0.05) is 13.3 Å². The van der Waals surface area contributed by atoms with E-state index < -0.39 is 29.9 Å². The molecule has 0 aromatic carbocycles. The molecule has 0 rings (SSSR count). The quantitative estimate of drug-likeness (QED) is 0.314. The number of nitrogens with one attached hydrogen (secondary N) is 1. The summed E-state index contributed by atoms with van der Waals surface area (Å²) in [6.07, 6.45) is 1.49. The third kappa shape index (κ3) is 13.8. The van der Waals surface area contributed by atoms with E-state index in [1.807, 2.05) is 6.92 Å². The van der Waals surface area contributed by atoms with Gasteiger partial charge in [0.25, 0.3) is 0 Å². The molecule has 0 aliphatic rings. The summed E-state index contributed by atoms with van der Waals surface area (Å²) in [5, 5.41) is 20.0. The Hall–Kier alpha value is -2.32. The van der Waals surface area contributed by atoms with Gasteiger partial charge in [-0.3, -0.25) is 14.4 Å². The van der Waals surface area contributed by atoms with Crippen LogP contribution < -0.4 is 5.32 Å². The van der Waals surface area contributed by atoms with Gasteiger partial charge in [-0.2, -0.15) is 0 Å². The van der Waals surface area contributed by atoms with Crippen LogP contribution in [0.15, 0.2) is 0 Å². The van der Waals surface area contributed by atoms with Crippen LogP contribution in [0.5, 0.6) is 0 Å². The predicted octanol–water partition coefficient (Wildman–Crippen LogP) is 1.79. The standard InChI is InChI=1S/C16H27NO8/c1-2-3-10-25-16(23)17-9-11-24-14(20)6-4-5-12(15(21)22)7-8-13(18)19/h12H,2-11H2,1H3,(H,17,23)(H,18,19)(H,21,22). The number of ether oxygens (including phenoxy) is 2. The number of alkyl carbamates (subject to hydrolysis) is 1. The number of unbranched alkanes of at least 4 members (excludes halogenated alkanes) is 1. The van der Waals surface area contributed by atoms with Gasteiger partial charge in [-0.25, -0.2) is 4.79 Å². The number of amides is 1. The van der Waals surface area contributed by atoms with Crippen molar-refractivity contribution in [3.8, 4) is 0 Å². The van der Waals surface area contributed by atoms with Crippen LogP contribution in [0.4, 0.5) is 4.79 Å². The summed E-state index contributed by atoms with van der Waals surface area (Å²) in [7, 11) is 0. The smallest absolute Gasteiger partial charge is 0.407 e. The maximum Gasteiger partial charge on any atom is 0.407 e. The average molecular weight is 361 g/mol. The minimum Gasteiger partial charge on any atom is -0.481 e. The molecule has 0 aliphatic carbocycles. The van der Waals surface area contributed by atoms with Crippen molar-refractivity contribution in [2.45, 2.75) is 51.9 Å². The molecule has 0 spiro atoms. The molecule has 9 nitrogen and oxygen atoms in total. The molecule has 0 saturated carbocycles. The SMILES string of the molecule is CCCCOC(=O)NCCOC(=O)CCCC(CCC(=O)O)C(=O)O. The van der Waals surface area contributed by atoms with Crippen LogP contribution in [0.3, 0.4) is 0 Å². The zero-order valence-electron chi connectivity index (χ0n) is 14.5. The van der Waals surface area contributed by atoms with E-state index in [2.05, 4.69) is 5.32 Å². The summed E-state index contributed by atoms with van der Waals surface area (Å²) in [6, 6.07) is 0. The molecule has 0 aliphatic heterocycles. The van der Waals surface area contributed by atoms with E-state index in [9.17, 15) is 19.2 Å². The van der Waals surface area contributed by atoms with Crippen LogP contribution in [0.25, 0.3) is 0 Å². The van der Waals surface area contributed by atoms with E-state index in [1.165, 1.54) is 0 Å². The molecule has 0 fully saturated rings. The first-order valence-corrected chi connectivity index (χ1v) is 8.37. The Balaban J connectivity index is 3.76. The highest BCUT2D eigenvalue weighted by Crippen LogP contribution is 2.15. The lowest BCUT2D eigenvalue weighted by Crippen LogP contribution is -2.29. The van der Waals surface area contributed by atoms with Crippen molar-refractivity contribution >= 4 is 24.0 Å². The normalized spacial score (nSPS) is 11.4. The van der Waals surface area contributed by atoms with E-state index in [-0.39, 0.29) is 38.8 Å². The Morgan fingerprint density at radius 2 is 1.68 bits per heavy atom. The Bertz CT molecular complexity index is 438. The molecule has 1 unspecified atom stereocenters. The average Bonchev–Trinajstić information content (AvgIpc) is 2.54. The topological polar surface area (TPSA) is 139 Å². The lowest BCUT2D eigenvalue weighted by atomic mass is 9.97. The van der Waals surface area contributed by atoms with Crippen LogP contribution in [0.1, 0.15) is 51.9 Å². The maximum absolute atomic E-state index is 11.5. The molecular formula is C16H27NO8. The van der Waals surface area contributed by atoms with Gasteiger partial charge < -0.3 is 25.0 Å². The second-order valence-corrected chi connectivity index (χ2v) is 5.50. The summed E-state index contributed by atoms with van der Waals surface area (Å²) >= 11 is 0. The zero-order valence-corrected chi connectivity index (χ0v) is 14.5. The van der Waals surface area contributed by atoms with Gasteiger partial charge in [0.05, 0.1) is 19.1 Å². The van der Waals surface area contributed by atoms with Gasteiger partial charge in [0.2, 0.25) is 0 Å². The Morgan fingerprint density at radius 3 is 2.28 bits per heavy atom. The number of rotatable bonds is 14. The van der Waals surface area contributed by atoms with E-state index in [4.69, 9.17) is 19.7 Å². The molecule has 0 radical (unpaired) electrons. The number of esters is 1. The second kappa shape index (κ2) is 14.1. The van der Waals surface area contributed by atoms with Crippen molar-refractivity contribution < 1.29 is 38.9 Å². The van der Waals surface area contributed by atoms with Gasteiger partial charge >= 0.3 is 24.0 Å². The van der Waals surface area contributed by atoms with E-state index in [0.717, 1.165) is 12.8 Å². The Kier molecular flexibility index (Phi) is 12.8. The fraction of sp³-hybridized carbons (Fsp3) is 0.750. The first kappa shape index (κ1) is 22.7. The molecule has 0 aromatic rings. The van der Waals surface area contributed by atoms with Crippen molar-refractivity contribution in [1.82, 2.24) is 5.32 Å². The van der Waals surface area contributed by atoms with Gasteiger partial charge in [0, 0.05) is 12.8 Å². The van der Waals surface area contributed by atoms with Gasteiger partial charge in [-0.05, 0) is 25.7 Å². The minimum atomic E-state index is -1.07. The van der Waals surface area contributed by atoms with Gasteiger partial charge in [0.1, 0.15) is 6.61 Å². The molecule has 0 heterocycles. The molecule has 0 saturated heterocycles. The molecule has 1 amide bonds. The lowest BCUT2D eigenvalue weighted by Gasteiger charge is -2.11. The fourth-order valence-electron chi connectivity index (χ4n) is 1.93. The van der Waals surface area contributed by atoms with E-state index >= 15 is 0 Å². The third-order valence-electron chi connectivity index (χ3n) is 3.35. The molecule has 144 valence electrons. The predicted molar refractivity (Wildman–Crippen MR) is 87.1 cm³/mol. The van der Waals surface area contributed by atoms with Crippen molar-refractivity contribution in [3.63, 3.8) is 0 Å². The number of carboxylic acid groups (broad SMARTS) is 2. The van der Waals surface area contributed by atoms with Gasteiger partial charge in [-0.15, -0.1) is 0 Å². The summed E-state index contributed by atoms with van der Waals surface area (Å²) in [5.41, 5.74) is 0. The molecule has 0 aromatic heterocycles. The molecule has 3 N–H and O–H groups in total. The molecular weight excluding hydrogens is 334 g/mol. The maximum atomic E-state index is 11.5. The summed E-state index contributed by atoms with van der Waals surface area (Å²) in [4.78, 5) is 44.2. The minimum absolute atomic E-state index is 0.00306. The highest BCUT2D eigenvalue weighted by atomic mass is 16.6. The third-order valence-corrected chi connectivity index (χ3v) is 3.35. The molecule has 0 bridgehead atoms. The van der Waals surface area contributed by atoms with Crippen LogP contribution in [0, 0.1) is 5.92 Å². The monoisotopic (exact) mass is 361 g/mol. The first-order chi connectivity index (χ1) is 11.9. The first-order valence-electron chi connectivity index (χ1n) is 8.37. The van der Waals surface area contributed by atoms with Crippen LogP contribution in [0.2, 0.25) is 0 Å². The highest BCUT2D eigenvalue weighted by molar-refractivity contribution is 5.72. The number of carbonyl (C=O) groups excluding carboxylic acids is 2. The summed E-state index contributed by atoms with van der Waals surface area (Å²) in [6.45, 7) is 2.45. The number of hydrogen-bond donors (Lipinski definition) is 3. The fourth-order valence-corrected chi connectivity index (χ4v) is 1.93. The summed E-state index contributed by atoms with van der Waals surface area (Å²) in [5.74, 6) is -3.40. The van der Waals surface area contributed by atoms with Crippen molar-refractivity contribution in [3.05, 3.63) is 0 Å². The van der Waals surface area contributed by atoms with Gasteiger partial charge in [0.15, 0.2) is 0 Å². The molecule has 25 heavy (non-hydrogen) atoms. The number of aliphatic carboxylic acids is 2. The number of carbonyl (C=O) groups is 4. The summed E-state index contributed by atoms with van der Waals surface area (Å²) < 4.78 is 9.76. The van der Waals surface area contributed by atoms with Crippen LogP contribution in [-0.2, 0) is 23.9 Å². The zero-order chi connectivity index (χ0) is 19.1. The molecule has 1 atom stereocenters. The number of hydrogen-bond acceptors (Lipinski definition) is 6.